The van der Waals surface area contributed by atoms with Crippen LogP contribution in [0, 0.1) is 17.5 Å². The highest BCUT2D eigenvalue weighted by Crippen LogP contribution is 2.17. The van der Waals surface area contributed by atoms with Gasteiger partial charge in [-0.3, -0.25) is 0 Å². The van der Waals surface area contributed by atoms with E-state index < -0.39 is 11.6 Å². The minimum atomic E-state index is -0.568. The molecule has 106 valence electrons. The number of rotatable bonds is 5. The maximum atomic E-state index is 13.0. The van der Waals surface area contributed by atoms with Crippen molar-refractivity contribution in [1.29, 1.82) is 0 Å². The van der Waals surface area contributed by atoms with Crippen LogP contribution in [0.1, 0.15) is 11.1 Å². The van der Waals surface area contributed by atoms with Gasteiger partial charge >= 0.3 is 0 Å². The van der Waals surface area contributed by atoms with Gasteiger partial charge in [0.15, 0.2) is 0 Å². The van der Waals surface area contributed by atoms with Crippen molar-refractivity contribution >= 4 is 15.9 Å². The van der Waals surface area contributed by atoms with Gasteiger partial charge < -0.3 is 5.32 Å². The summed E-state index contributed by atoms with van der Waals surface area (Å²) in [5, 5.41) is 3.15. The molecule has 0 aliphatic carbocycles. The summed E-state index contributed by atoms with van der Waals surface area (Å²) in [6, 6.07) is 7.97. The molecule has 0 aliphatic heterocycles. The first-order valence-electron chi connectivity index (χ1n) is 6.14. The van der Waals surface area contributed by atoms with Crippen LogP contribution < -0.4 is 5.32 Å². The van der Waals surface area contributed by atoms with Crippen LogP contribution in [0.3, 0.4) is 0 Å². The average molecular weight is 344 g/mol. The third kappa shape index (κ3) is 4.35. The lowest BCUT2D eigenvalue weighted by atomic mass is 10.1. The molecule has 5 heteroatoms. The molecule has 0 amide bonds. The predicted octanol–water partition coefficient (Wildman–Crippen LogP) is 4.20. The van der Waals surface area contributed by atoms with Crippen molar-refractivity contribution in [2.24, 2.45) is 0 Å². The average Bonchev–Trinajstić information content (AvgIpc) is 2.35. The quantitative estimate of drug-likeness (QED) is 0.802. The van der Waals surface area contributed by atoms with Crippen LogP contribution in [0.4, 0.5) is 13.2 Å². The fourth-order valence-electron chi connectivity index (χ4n) is 1.88. The maximum absolute atomic E-state index is 13.0. The summed E-state index contributed by atoms with van der Waals surface area (Å²) in [5.74, 6) is -1.43. The zero-order chi connectivity index (χ0) is 14.5. The van der Waals surface area contributed by atoms with Gasteiger partial charge in [0.1, 0.15) is 17.5 Å². The molecule has 2 aromatic carbocycles. The Morgan fingerprint density at radius 2 is 1.60 bits per heavy atom. The van der Waals surface area contributed by atoms with E-state index in [0.29, 0.717) is 29.5 Å². The molecule has 0 fully saturated rings. The summed E-state index contributed by atoms with van der Waals surface area (Å²) in [6.45, 7) is 1.13. The van der Waals surface area contributed by atoms with E-state index in [1.807, 2.05) is 0 Å². The monoisotopic (exact) mass is 343 g/mol. The SMILES string of the molecule is Fc1cc(F)cc(CCNCc2ccc(F)cc2Br)c1. The van der Waals surface area contributed by atoms with Crippen LogP contribution in [0.25, 0.3) is 0 Å². The molecule has 0 atom stereocenters. The Balaban J connectivity index is 1.84. The summed E-state index contributed by atoms with van der Waals surface area (Å²) in [5.41, 5.74) is 1.53. The first-order valence-corrected chi connectivity index (χ1v) is 6.93. The second-order valence-electron chi connectivity index (χ2n) is 4.44. The second-order valence-corrected chi connectivity index (χ2v) is 5.29. The van der Waals surface area contributed by atoms with E-state index in [2.05, 4.69) is 21.2 Å². The van der Waals surface area contributed by atoms with E-state index in [9.17, 15) is 13.2 Å². The Kier molecular flexibility index (Phi) is 5.20. The smallest absolute Gasteiger partial charge is 0.126 e. The van der Waals surface area contributed by atoms with Gasteiger partial charge in [0.05, 0.1) is 0 Å². The van der Waals surface area contributed by atoms with Crippen molar-refractivity contribution < 1.29 is 13.2 Å². The number of benzene rings is 2. The van der Waals surface area contributed by atoms with Crippen molar-refractivity contribution in [2.45, 2.75) is 13.0 Å². The molecule has 0 bridgehead atoms. The van der Waals surface area contributed by atoms with E-state index in [-0.39, 0.29) is 5.82 Å². The third-order valence-electron chi connectivity index (χ3n) is 2.84. The van der Waals surface area contributed by atoms with Crippen molar-refractivity contribution in [1.82, 2.24) is 5.32 Å². The second kappa shape index (κ2) is 6.90. The van der Waals surface area contributed by atoms with Crippen molar-refractivity contribution in [2.75, 3.05) is 6.54 Å². The Morgan fingerprint density at radius 1 is 0.900 bits per heavy atom. The number of hydrogen-bond donors (Lipinski definition) is 1. The predicted molar refractivity (Wildman–Crippen MR) is 75.9 cm³/mol. The largest absolute Gasteiger partial charge is 0.312 e. The zero-order valence-electron chi connectivity index (χ0n) is 10.6. The molecule has 0 radical (unpaired) electrons. The van der Waals surface area contributed by atoms with Crippen LogP contribution in [-0.4, -0.2) is 6.54 Å². The first kappa shape index (κ1) is 15.1. The van der Waals surface area contributed by atoms with Gasteiger partial charge in [-0.1, -0.05) is 22.0 Å². The molecular weight excluding hydrogens is 331 g/mol. The van der Waals surface area contributed by atoms with E-state index >= 15 is 0 Å². The standard InChI is InChI=1S/C15H13BrF3N/c16-15-8-12(17)2-1-11(15)9-20-4-3-10-5-13(18)7-14(19)6-10/h1-2,5-8,20H,3-4,9H2. The molecule has 2 rings (SSSR count). The Morgan fingerprint density at radius 3 is 2.25 bits per heavy atom. The van der Waals surface area contributed by atoms with Crippen LogP contribution in [-0.2, 0) is 13.0 Å². The fourth-order valence-corrected chi connectivity index (χ4v) is 2.37. The van der Waals surface area contributed by atoms with E-state index in [1.54, 1.807) is 6.07 Å². The highest BCUT2D eigenvalue weighted by molar-refractivity contribution is 9.10. The van der Waals surface area contributed by atoms with Gasteiger partial charge in [-0.2, -0.15) is 0 Å². The normalized spacial score (nSPS) is 10.8. The van der Waals surface area contributed by atoms with Crippen molar-refractivity contribution in [3.63, 3.8) is 0 Å². The van der Waals surface area contributed by atoms with Crippen LogP contribution >= 0.6 is 15.9 Å². The highest BCUT2D eigenvalue weighted by Gasteiger charge is 2.03. The van der Waals surface area contributed by atoms with Crippen LogP contribution in [0.2, 0.25) is 0 Å². The molecule has 20 heavy (non-hydrogen) atoms. The Labute approximate surface area is 123 Å². The van der Waals surface area contributed by atoms with E-state index in [4.69, 9.17) is 0 Å². The summed E-state index contributed by atoms with van der Waals surface area (Å²) in [4.78, 5) is 0. The molecule has 0 heterocycles. The molecule has 0 spiro atoms. The van der Waals surface area contributed by atoms with Gasteiger partial charge in [-0.05, 0) is 48.4 Å². The summed E-state index contributed by atoms with van der Waals surface area (Å²) < 4.78 is 39.6. The van der Waals surface area contributed by atoms with Crippen LogP contribution in [0.5, 0.6) is 0 Å². The molecule has 2 aromatic rings. The van der Waals surface area contributed by atoms with Gasteiger partial charge in [0, 0.05) is 17.1 Å². The van der Waals surface area contributed by atoms with Crippen molar-refractivity contribution in [3.8, 4) is 0 Å². The lowest BCUT2D eigenvalue weighted by molar-refractivity contribution is 0.577. The lowest BCUT2D eigenvalue weighted by Gasteiger charge is -2.07. The Hall–Kier alpha value is -1.33. The van der Waals surface area contributed by atoms with Gasteiger partial charge in [0.25, 0.3) is 0 Å². The molecule has 0 aromatic heterocycles. The molecule has 0 aliphatic rings. The zero-order valence-corrected chi connectivity index (χ0v) is 12.2. The molecule has 0 saturated carbocycles. The first-order chi connectivity index (χ1) is 9.54. The molecule has 1 N–H and O–H groups in total. The lowest BCUT2D eigenvalue weighted by Crippen LogP contribution is -2.17. The van der Waals surface area contributed by atoms with E-state index in [0.717, 1.165) is 11.6 Å². The number of nitrogens with one attached hydrogen (secondary N) is 1. The number of hydrogen-bond acceptors (Lipinski definition) is 1. The molecule has 0 saturated heterocycles. The third-order valence-corrected chi connectivity index (χ3v) is 3.58. The summed E-state index contributed by atoms with van der Waals surface area (Å²) in [6.07, 6.45) is 0.521. The highest BCUT2D eigenvalue weighted by atomic mass is 79.9. The van der Waals surface area contributed by atoms with Gasteiger partial charge in [-0.25, -0.2) is 13.2 Å². The fraction of sp³-hybridized carbons (Fsp3) is 0.200. The van der Waals surface area contributed by atoms with Crippen molar-refractivity contribution in [3.05, 3.63) is 69.4 Å². The summed E-state index contributed by atoms with van der Waals surface area (Å²) in [7, 11) is 0. The van der Waals surface area contributed by atoms with Gasteiger partial charge in [-0.15, -0.1) is 0 Å². The van der Waals surface area contributed by atoms with Crippen LogP contribution in [0.15, 0.2) is 40.9 Å². The molecule has 0 unspecified atom stereocenters. The maximum Gasteiger partial charge on any atom is 0.126 e. The minimum absolute atomic E-state index is 0.295. The Bertz CT molecular complexity index is 581. The van der Waals surface area contributed by atoms with Gasteiger partial charge in [0.2, 0.25) is 0 Å². The molecular formula is C15H13BrF3N. The summed E-state index contributed by atoms with van der Waals surface area (Å²) >= 11 is 3.28. The molecule has 1 nitrogen and oxygen atoms in total. The number of halogens is 4. The topological polar surface area (TPSA) is 12.0 Å². The minimum Gasteiger partial charge on any atom is -0.312 e. The van der Waals surface area contributed by atoms with E-state index in [1.165, 1.54) is 24.3 Å².